The van der Waals surface area contributed by atoms with Crippen molar-refractivity contribution in [2.24, 2.45) is 10.9 Å². The molecule has 4 N–H and O–H groups in total. The van der Waals surface area contributed by atoms with Crippen LogP contribution in [-0.4, -0.2) is 17.0 Å². The molecule has 0 bridgehead atoms. The third-order valence-electron chi connectivity index (χ3n) is 2.89. The van der Waals surface area contributed by atoms with E-state index in [1.54, 1.807) is 35.6 Å². The maximum atomic E-state index is 12.2. The molecule has 3 aromatic rings. The second-order valence-corrected chi connectivity index (χ2v) is 6.31. The van der Waals surface area contributed by atoms with Gasteiger partial charge in [-0.25, -0.2) is 0 Å². The minimum absolute atomic E-state index is 0.00253. The smallest absolute Gasteiger partial charge is 0.265 e. The number of oxime groups is 1. The number of hydrogen-bond acceptors (Lipinski definition) is 5. The molecule has 5 nitrogen and oxygen atoms in total. The van der Waals surface area contributed by atoms with E-state index in [2.05, 4.69) is 10.5 Å². The van der Waals surface area contributed by atoms with Crippen molar-refractivity contribution in [2.75, 3.05) is 5.32 Å². The second-order valence-electron chi connectivity index (χ2n) is 4.28. The Morgan fingerprint density at radius 1 is 1.24 bits per heavy atom. The van der Waals surface area contributed by atoms with Crippen molar-refractivity contribution in [3.05, 3.63) is 52.2 Å². The third kappa shape index (κ3) is 2.74. The predicted molar refractivity (Wildman–Crippen MR) is 86.6 cm³/mol. The number of amides is 1. The summed E-state index contributed by atoms with van der Waals surface area (Å²) in [5, 5.41) is 16.4. The van der Waals surface area contributed by atoms with Crippen LogP contribution in [0.3, 0.4) is 0 Å². The third-order valence-corrected chi connectivity index (χ3v) is 4.98. The van der Waals surface area contributed by atoms with E-state index in [4.69, 9.17) is 10.9 Å². The number of nitrogens with one attached hydrogen (secondary N) is 1. The maximum absolute atomic E-state index is 12.2. The van der Waals surface area contributed by atoms with Crippen molar-refractivity contribution >= 4 is 49.5 Å². The first kappa shape index (κ1) is 13.6. The van der Waals surface area contributed by atoms with Gasteiger partial charge in [0.2, 0.25) is 0 Å². The summed E-state index contributed by atoms with van der Waals surface area (Å²) in [4.78, 5) is 12.9. The Morgan fingerprint density at radius 2 is 2.10 bits per heavy atom. The van der Waals surface area contributed by atoms with Crippen LogP contribution in [0.1, 0.15) is 15.2 Å². The molecule has 1 aromatic carbocycles. The highest BCUT2D eigenvalue weighted by atomic mass is 32.1. The molecule has 0 spiro atoms. The number of anilines is 1. The van der Waals surface area contributed by atoms with Crippen LogP contribution in [0.4, 0.5) is 5.69 Å². The van der Waals surface area contributed by atoms with Gasteiger partial charge in [0.1, 0.15) is 0 Å². The molecule has 0 saturated carbocycles. The fourth-order valence-corrected chi connectivity index (χ4v) is 3.89. The lowest BCUT2D eigenvalue weighted by Gasteiger charge is -2.05. The van der Waals surface area contributed by atoms with Gasteiger partial charge in [-0.3, -0.25) is 4.79 Å². The van der Waals surface area contributed by atoms with E-state index >= 15 is 0 Å². The number of thiophene rings is 2. The van der Waals surface area contributed by atoms with Crippen molar-refractivity contribution in [3.63, 3.8) is 0 Å². The Kier molecular flexibility index (Phi) is 3.59. The van der Waals surface area contributed by atoms with Crippen LogP contribution in [-0.2, 0) is 0 Å². The average Bonchev–Trinajstić information content (AvgIpc) is 3.08. The summed E-state index contributed by atoms with van der Waals surface area (Å²) in [6.45, 7) is 0. The van der Waals surface area contributed by atoms with E-state index in [1.807, 2.05) is 17.5 Å². The average molecular weight is 317 g/mol. The van der Waals surface area contributed by atoms with Crippen LogP contribution < -0.4 is 11.1 Å². The number of nitrogens with two attached hydrogens (primary N) is 1. The molecule has 0 aliphatic rings. The van der Waals surface area contributed by atoms with Crippen LogP contribution in [0.5, 0.6) is 0 Å². The molecule has 2 aromatic heterocycles. The largest absolute Gasteiger partial charge is 0.409 e. The van der Waals surface area contributed by atoms with Crippen LogP contribution in [0.2, 0.25) is 0 Å². The molecule has 21 heavy (non-hydrogen) atoms. The zero-order valence-corrected chi connectivity index (χ0v) is 12.4. The monoisotopic (exact) mass is 317 g/mol. The van der Waals surface area contributed by atoms with Crippen molar-refractivity contribution in [2.45, 2.75) is 0 Å². The first-order valence-electron chi connectivity index (χ1n) is 6.04. The Hall–Kier alpha value is -2.38. The highest BCUT2D eigenvalue weighted by Crippen LogP contribution is 2.30. The molecule has 0 saturated heterocycles. The molecule has 0 atom stereocenters. The van der Waals surface area contributed by atoms with Crippen molar-refractivity contribution < 1.29 is 10.0 Å². The van der Waals surface area contributed by atoms with Crippen molar-refractivity contribution in [3.8, 4) is 0 Å². The van der Waals surface area contributed by atoms with Gasteiger partial charge in [0, 0.05) is 20.7 Å². The summed E-state index contributed by atoms with van der Waals surface area (Å²) in [6, 6.07) is 10.7. The molecule has 7 heteroatoms. The molecule has 0 unspecified atom stereocenters. The van der Waals surface area contributed by atoms with Crippen LogP contribution in [0.15, 0.2) is 46.9 Å². The van der Waals surface area contributed by atoms with E-state index in [-0.39, 0.29) is 11.7 Å². The van der Waals surface area contributed by atoms with Crippen LogP contribution in [0.25, 0.3) is 9.40 Å². The summed E-state index contributed by atoms with van der Waals surface area (Å²) in [6.07, 6.45) is 0. The van der Waals surface area contributed by atoms with Crippen molar-refractivity contribution in [1.29, 1.82) is 0 Å². The Balaban J connectivity index is 1.82. The van der Waals surface area contributed by atoms with Crippen LogP contribution >= 0.6 is 22.7 Å². The molecule has 0 fully saturated rings. The van der Waals surface area contributed by atoms with Gasteiger partial charge in [-0.1, -0.05) is 17.3 Å². The first-order chi connectivity index (χ1) is 10.2. The van der Waals surface area contributed by atoms with Gasteiger partial charge in [0.05, 0.1) is 4.88 Å². The van der Waals surface area contributed by atoms with E-state index in [0.717, 1.165) is 9.40 Å². The number of benzene rings is 1. The lowest BCUT2D eigenvalue weighted by Crippen LogP contribution is -2.14. The minimum Gasteiger partial charge on any atom is -0.409 e. The normalized spacial score (nSPS) is 11.7. The topological polar surface area (TPSA) is 87.7 Å². The van der Waals surface area contributed by atoms with E-state index < -0.39 is 0 Å². The van der Waals surface area contributed by atoms with E-state index in [1.165, 1.54) is 11.3 Å². The van der Waals surface area contributed by atoms with Gasteiger partial charge in [-0.05, 0) is 29.6 Å². The van der Waals surface area contributed by atoms with Crippen LogP contribution in [0, 0.1) is 0 Å². The predicted octanol–water partition coefficient (Wildman–Crippen LogP) is 3.31. The summed E-state index contributed by atoms with van der Waals surface area (Å²) < 4.78 is 2.21. The van der Waals surface area contributed by atoms with E-state index in [9.17, 15) is 4.79 Å². The molecule has 0 aliphatic carbocycles. The molecule has 3 rings (SSSR count). The SMILES string of the molecule is N/C(=N/O)c1cccc(NC(=O)c2cc3sccc3s2)c1. The number of hydrogen-bond donors (Lipinski definition) is 3. The minimum atomic E-state index is -0.167. The number of rotatable bonds is 3. The molecule has 0 radical (unpaired) electrons. The number of fused-ring (bicyclic) bond motifs is 1. The Labute approximate surface area is 128 Å². The zero-order chi connectivity index (χ0) is 14.8. The van der Waals surface area contributed by atoms with Gasteiger partial charge >= 0.3 is 0 Å². The molecular weight excluding hydrogens is 306 g/mol. The molecular formula is C14H11N3O2S2. The highest BCUT2D eigenvalue weighted by molar-refractivity contribution is 7.27. The number of carbonyl (C=O) groups is 1. The summed E-state index contributed by atoms with van der Waals surface area (Å²) in [5.74, 6) is -0.164. The zero-order valence-electron chi connectivity index (χ0n) is 10.7. The number of amidine groups is 1. The Morgan fingerprint density at radius 3 is 2.86 bits per heavy atom. The fraction of sp³-hybridized carbons (Fsp3) is 0. The van der Waals surface area contributed by atoms with Gasteiger partial charge in [-0.15, -0.1) is 22.7 Å². The van der Waals surface area contributed by atoms with Gasteiger partial charge in [0.15, 0.2) is 5.84 Å². The summed E-state index contributed by atoms with van der Waals surface area (Å²) in [5.41, 5.74) is 6.67. The number of nitrogens with zero attached hydrogens (tertiary/aromatic N) is 1. The molecule has 2 heterocycles. The lowest BCUT2D eigenvalue weighted by atomic mass is 10.2. The second kappa shape index (κ2) is 5.55. The lowest BCUT2D eigenvalue weighted by molar-refractivity contribution is 0.103. The molecule has 106 valence electrons. The summed E-state index contributed by atoms with van der Waals surface area (Å²) in [7, 11) is 0. The number of carbonyl (C=O) groups excluding carboxylic acids is 1. The summed E-state index contributed by atoms with van der Waals surface area (Å²) >= 11 is 3.07. The van der Waals surface area contributed by atoms with Crippen molar-refractivity contribution in [1.82, 2.24) is 0 Å². The molecule has 0 aliphatic heterocycles. The fourth-order valence-electron chi connectivity index (χ4n) is 1.88. The van der Waals surface area contributed by atoms with Gasteiger partial charge in [-0.2, -0.15) is 0 Å². The Bertz CT molecular complexity index is 807. The first-order valence-corrected chi connectivity index (χ1v) is 7.73. The van der Waals surface area contributed by atoms with E-state index in [0.29, 0.717) is 16.1 Å². The van der Waals surface area contributed by atoms with Gasteiger partial charge in [0.25, 0.3) is 5.91 Å². The standard InChI is InChI=1S/C14H11N3O2S2/c15-13(17-19)8-2-1-3-9(6-8)16-14(18)12-7-11-10(21-12)4-5-20-11/h1-7,19H,(H2,15,17)(H,16,18). The quantitative estimate of drug-likeness (QED) is 0.300. The van der Waals surface area contributed by atoms with Gasteiger partial charge < -0.3 is 16.3 Å². The maximum Gasteiger partial charge on any atom is 0.265 e. The highest BCUT2D eigenvalue weighted by Gasteiger charge is 2.11. The molecule has 1 amide bonds.